The number of rotatable bonds is 3. The summed E-state index contributed by atoms with van der Waals surface area (Å²) in [7, 11) is 0. The summed E-state index contributed by atoms with van der Waals surface area (Å²) < 4.78 is 5.50. The van der Waals surface area contributed by atoms with Crippen molar-refractivity contribution in [1.82, 2.24) is 20.4 Å². The smallest absolute Gasteiger partial charge is 0.317 e. The Labute approximate surface area is 126 Å². The van der Waals surface area contributed by atoms with Gasteiger partial charge in [-0.1, -0.05) is 0 Å². The third kappa shape index (κ3) is 4.77. The van der Waals surface area contributed by atoms with Crippen molar-refractivity contribution < 1.29 is 14.3 Å². The van der Waals surface area contributed by atoms with E-state index in [1.807, 2.05) is 6.92 Å². The molecule has 2 N–H and O–H groups in total. The molecule has 2 fully saturated rings. The van der Waals surface area contributed by atoms with Crippen molar-refractivity contribution in [3.8, 4) is 0 Å². The first-order valence-electron chi connectivity index (χ1n) is 7.88. The minimum atomic E-state index is -0.0525. The SMILES string of the molecule is CCNC(=O)N1CCCN(C(=O)NCC2CCCO2)CC1. The van der Waals surface area contributed by atoms with Gasteiger partial charge in [-0.3, -0.25) is 0 Å². The van der Waals surface area contributed by atoms with Crippen molar-refractivity contribution in [2.75, 3.05) is 45.9 Å². The molecule has 0 aromatic heterocycles. The summed E-state index contributed by atoms with van der Waals surface area (Å²) in [6.07, 6.45) is 3.06. The fourth-order valence-electron chi connectivity index (χ4n) is 2.70. The molecule has 7 heteroatoms. The molecule has 2 aliphatic heterocycles. The van der Waals surface area contributed by atoms with Crippen LogP contribution in [-0.2, 0) is 4.74 Å². The maximum absolute atomic E-state index is 12.2. The zero-order chi connectivity index (χ0) is 15.1. The van der Waals surface area contributed by atoms with Crippen LogP contribution in [0.1, 0.15) is 26.2 Å². The van der Waals surface area contributed by atoms with Gasteiger partial charge in [0.15, 0.2) is 0 Å². The Balaban J connectivity index is 1.73. The molecule has 1 atom stereocenters. The van der Waals surface area contributed by atoms with Crippen LogP contribution < -0.4 is 10.6 Å². The van der Waals surface area contributed by atoms with Gasteiger partial charge in [0.1, 0.15) is 0 Å². The van der Waals surface area contributed by atoms with Gasteiger partial charge < -0.3 is 25.2 Å². The summed E-state index contributed by atoms with van der Waals surface area (Å²) in [5.41, 5.74) is 0. The Kier molecular flexibility index (Phi) is 6.10. The Hall–Kier alpha value is -1.50. The molecular weight excluding hydrogens is 272 g/mol. The maximum Gasteiger partial charge on any atom is 0.317 e. The van der Waals surface area contributed by atoms with Crippen molar-refractivity contribution in [2.45, 2.75) is 32.3 Å². The van der Waals surface area contributed by atoms with E-state index >= 15 is 0 Å². The monoisotopic (exact) mass is 298 g/mol. The van der Waals surface area contributed by atoms with Gasteiger partial charge in [0, 0.05) is 45.9 Å². The van der Waals surface area contributed by atoms with Crippen LogP contribution in [0.4, 0.5) is 9.59 Å². The first-order chi connectivity index (χ1) is 10.2. The van der Waals surface area contributed by atoms with Gasteiger partial charge >= 0.3 is 12.1 Å². The number of carbonyl (C=O) groups is 2. The third-order valence-corrected chi connectivity index (χ3v) is 3.90. The summed E-state index contributed by atoms with van der Waals surface area (Å²) in [6, 6.07) is -0.0950. The highest BCUT2D eigenvalue weighted by Gasteiger charge is 2.23. The molecule has 7 nitrogen and oxygen atoms in total. The van der Waals surface area contributed by atoms with E-state index < -0.39 is 0 Å². The van der Waals surface area contributed by atoms with Crippen molar-refractivity contribution in [1.29, 1.82) is 0 Å². The zero-order valence-electron chi connectivity index (χ0n) is 12.8. The van der Waals surface area contributed by atoms with E-state index in [-0.39, 0.29) is 18.2 Å². The Morgan fingerprint density at radius 2 is 1.71 bits per heavy atom. The fourth-order valence-corrected chi connectivity index (χ4v) is 2.70. The molecule has 120 valence electrons. The molecule has 2 rings (SSSR count). The van der Waals surface area contributed by atoms with Gasteiger partial charge in [-0.25, -0.2) is 9.59 Å². The van der Waals surface area contributed by atoms with Crippen LogP contribution in [0.3, 0.4) is 0 Å². The predicted octanol–water partition coefficient (Wildman–Crippen LogP) is 0.612. The number of nitrogens with one attached hydrogen (secondary N) is 2. The predicted molar refractivity (Wildman–Crippen MR) is 79.2 cm³/mol. The molecule has 21 heavy (non-hydrogen) atoms. The number of urea groups is 2. The lowest BCUT2D eigenvalue weighted by Gasteiger charge is -2.23. The minimum absolute atomic E-state index is 0.0425. The first kappa shape index (κ1) is 15.9. The lowest BCUT2D eigenvalue weighted by molar-refractivity contribution is 0.109. The molecule has 0 saturated carbocycles. The first-order valence-corrected chi connectivity index (χ1v) is 7.88. The quantitative estimate of drug-likeness (QED) is 0.802. The molecule has 0 aromatic carbocycles. The molecule has 2 saturated heterocycles. The van der Waals surface area contributed by atoms with E-state index in [4.69, 9.17) is 4.74 Å². The van der Waals surface area contributed by atoms with Crippen LogP contribution in [0.25, 0.3) is 0 Å². The molecular formula is C14H26N4O3. The standard InChI is InChI=1S/C14H26N4O3/c1-2-15-13(19)17-6-4-7-18(9-8-17)14(20)16-11-12-5-3-10-21-12/h12H,2-11H2,1H3,(H,15,19)(H,16,20). The summed E-state index contributed by atoms with van der Waals surface area (Å²) in [5.74, 6) is 0. The van der Waals surface area contributed by atoms with Crippen LogP contribution in [0.15, 0.2) is 0 Å². The second-order valence-corrected chi connectivity index (χ2v) is 5.48. The summed E-state index contributed by atoms with van der Waals surface area (Å²) in [6.45, 7) is 6.45. The number of hydrogen-bond donors (Lipinski definition) is 2. The Bertz CT molecular complexity index is 358. The van der Waals surface area contributed by atoms with Crippen molar-refractivity contribution in [3.05, 3.63) is 0 Å². The number of amides is 4. The van der Waals surface area contributed by atoms with Crippen molar-refractivity contribution in [2.24, 2.45) is 0 Å². The number of nitrogens with zero attached hydrogens (tertiary/aromatic N) is 2. The molecule has 2 heterocycles. The molecule has 2 aliphatic rings. The van der Waals surface area contributed by atoms with Crippen LogP contribution >= 0.6 is 0 Å². The van der Waals surface area contributed by atoms with Crippen molar-refractivity contribution >= 4 is 12.1 Å². The van der Waals surface area contributed by atoms with Crippen LogP contribution in [0.2, 0.25) is 0 Å². The van der Waals surface area contributed by atoms with E-state index in [0.717, 1.165) is 25.9 Å². The van der Waals surface area contributed by atoms with Crippen LogP contribution in [0, 0.1) is 0 Å². The number of carbonyl (C=O) groups excluding carboxylic acids is 2. The van der Waals surface area contributed by atoms with Gasteiger partial charge in [0.05, 0.1) is 6.10 Å². The molecule has 0 spiro atoms. The van der Waals surface area contributed by atoms with Crippen LogP contribution in [-0.4, -0.2) is 73.8 Å². The van der Waals surface area contributed by atoms with Gasteiger partial charge in [0.2, 0.25) is 0 Å². The summed E-state index contributed by atoms with van der Waals surface area (Å²) >= 11 is 0. The van der Waals surface area contributed by atoms with Crippen molar-refractivity contribution in [3.63, 3.8) is 0 Å². The largest absolute Gasteiger partial charge is 0.376 e. The van der Waals surface area contributed by atoms with Gasteiger partial charge in [-0.05, 0) is 26.2 Å². The molecule has 0 aromatic rings. The van der Waals surface area contributed by atoms with E-state index in [0.29, 0.717) is 39.3 Å². The van der Waals surface area contributed by atoms with Gasteiger partial charge in [0.25, 0.3) is 0 Å². The van der Waals surface area contributed by atoms with Crippen LogP contribution in [0.5, 0.6) is 0 Å². The lowest BCUT2D eigenvalue weighted by Crippen LogP contribution is -2.45. The second kappa shape index (κ2) is 8.07. The maximum atomic E-state index is 12.2. The average molecular weight is 298 g/mol. The Morgan fingerprint density at radius 1 is 1.05 bits per heavy atom. The lowest BCUT2D eigenvalue weighted by atomic mass is 10.2. The van der Waals surface area contributed by atoms with E-state index in [1.165, 1.54) is 0 Å². The highest BCUT2D eigenvalue weighted by Crippen LogP contribution is 2.11. The summed E-state index contributed by atoms with van der Waals surface area (Å²) in [5, 5.41) is 5.73. The highest BCUT2D eigenvalue weighted by atomic mass is 16.5. The second-order valence-electron chi connectivity index (χ2n) is 5.48. The number of hydrogen-bond acceptors (Lipinski definition) is 3. The fraction of sp³-hybridized carbons (Fsp3) is 0.857. The van der Waals surface area contributed by atoms with E-state index in [9.17, 15) is 9.59 Å². The molecule has 0 radical (unpaired) electrons. The molecule has 0 aliphatic carbocycles. The van der Waals surface area contributed by atoms with E-state index in [1.54, 1.807) is 9.80 Å². The van der Waals surface area contributed by atoms with Gasteiger partial charge in [-0.2, -0.15) is 0 Å². The summed E-state index contributed by atoms with van der Waals surface area (Å²) in [4.78, 5) is 27.5. The Morgan fingerprint density at radius 3 is 2.29 bits per heavy atom. The van der Waals surface area contributed by atoms with Gasteiger partial charge in [-0.15, -0.1) is 0 Å². The molecule has 0 bridgehead atoms. The molecule has 4 amide bonds. The van der Waals surface area contributed by atoms with E-state index in [2.05, 4.69) is 10.6 Å². The molecule has 1 unspecified atom stereocenters. The average Bonchev–Trinajstić information content (AvgIpc) is 2.87. The topological polar surface area (TPSA) is 73.9 Å². The normalized spacial score (nSPS) is 22.8. The number of ether oxygens (including phenoxy) is 1. The highest BCUT2D eigenvalue weighted by molar-refractivity contribution is 5.75. The minimum Gasteiger partial charge on any atom is -0.376 e. The third-order valence-electron chi connectivity index (χ3n) is 3.90. The zero-order valence-corrected chi connectivity index (χ0v) is 12.8.